The molecule has 0 spiro atoms. The molecule has 2 fully saturated rings. The van der Waals surface area contributed by atoms with Gasteiger partial charge < -0.3 is 5.32 Å². The van der Waals surface area contributed by atoms with Gasteiger partial charge in [0, 0.05) is 0 Å². The minimum atomic E-state index is 0.988. The van der Waals surface area contributed by atoms with Gasteiger partial charge in [0.25, 0.3) is 0 Å². The Hall–Kier alpha value is -0.0400. The van der Waals surface area contributed by atoms with E-state index in [-0.39, 0.29) is 0 Å². The van der Waals surface area contributed by atoms with Gasteiger partial charge in [0.15, 0.2) is 0 Å². The highest BCUT2D eigenvalue weighted by atomic mass is 14.9. The van der Waals surface area contributed by atoms with Gasteiger partial charge in [0.2, 0.25) is 0 Å². The molecule has 2 rings (SSSR count). The van der Waals surface area contributed by atoms with Crippen molar-refractivity contribution in [3.05, 3.63) is 6.42 Å². The Balaban J connectivity index is 1.93. The molecule has 1 saturated carbocycles. The van der Waals surface area contributed by atoms with Gasteiger partial charge in [0.1, 0.15) is 0 Å². The van der Waals surface area contributed by atoms with E-state index in [1.165, 1.54) is 38.8 Å². The van der Waals surface area contributed by atoms with E-state index in [1.54, 1.807) is 0 Å². The maximum atomic E-state index is 3.46. The van der Waals surface area contributed by atoms with Gasteiger partial charge >= 0.3 is 0 Å². The van der Waals surface area contributed by atoms with Crippen molar-refractivity contribution in [1.29, 1.82) is 0 Å². The zero-order valence-electron chi connectivity index (χ0n) is 6.47. The van der Waals surface area contributed by atoms with Gasteiger partial charge in [-0.3, -0.25) is 0 Å². The highest BCUT2D eigenvalue weighted by Crippen LogP contribution is 2.32. The first-order valence-electron chi connectivity index (χ1n) is 4.49. The van der Waals surface area contributed by atoms with Crippen molar-refractivity contribution in [3.63, 3.8) is 0 Å². The van der Waals surface area contributed by atoms with E-state index in [9.17, 15) is 0 Å². The number of nitrogens with one attached hydrogen (secondary N) is 1. The average Bonchev–Trinajstić information content (AvgIpc) is 2.05. The number of rotatable bonds is 0. The van der Waals surface area contributed by atoms with Gasteiger partial charge in [-0.15, -0.1) is 0 Å². The fraction of sp³-hybridized carbons (Fsp3) is 0.889. The van der Waals surface area contributed by atoms with Crippen molar-refractivity contribution in [2.24, 2.45) is 11.8 Å². The SMILES string of the molecule is [CH]1CCC2CCNCC2C1. The van der Waals surface area contributed by atoms with Crippen LogP contribution in [0.25, 0.3) is 0 Å². The van der Waals surface area contributed by atoms with Crippen molar-refractivity contribution in [2.45, 2.75) is 25.7 Å². The molecule has 1 aliphatic carbocycles. The molecular formula is C9H16N. The summed E-state index contributed by atoms with van der Waals surface area (Å²) < 4.78 is 0. The molecule has 57 valence electrons. The van der Waals surface area contributed by atoms with E-state index in [1.807, 2.05) is 0 Å². The first-order chi connectivity index (χ1) is 4.97. The normalized spacial score (nSPS) is 40.8. The van der Waals surface area contributed by atoms with Gasteiger partial charge in [0.05, 0.1) is 0 Å². The smallest absolute Gasteiger partial charge is 0.00178 e. The predicted octanol–water partition coefficient (Wildman–Crippen LogP) is 1.60. The third-order valence-electron chi connectivity index (χ3n) is 2.98. The second-order valence-electron chi connectivity index (χ2n) is 3.61. The minimum absolute atomic E-state index is 0.988. The van der Waals surface area contributed by atoms with Crippen LogP contribution in [0.5, 0.6) is 0 Å². The Morgan fingerprint density at radius 1 is 1.20 bits per heavy atom. The zero-order chi connectivity index (χ0) is 6.81. The van der Waals surface area contributed by atoms with Gasteiger partial charge in [-0.1, -0.05) is 0 Å². The summed E-state index contributed by atoms with van der Waals surface area (Å²) in [4.78, 5) is 0. The van der Waals surface area contributed by atoms with Crippen LogP contribution in [-0.4, -0.2) is 13.1 Å². The standard InChI is InChI=1S/C9H16N/c1-2-4-9-7-10-6-5-8(9)3-1/h2,8-10H,1,3-7H2. The Morgan fingerprint density at radius 2 is 2.20 bits per heavy atom. The summed E-state index contributed by atoms with van der Waals surface area (Å²) in [6.07, 6.45) is 8.11. The second kappa shape index (κ2) is 2.91. The summed E-state index contributed by atoms with van der Waals surface area (Å²) >= 11 is 0. The molecule has 1 nitrogen and oxygen atoms in total. The molecule has 0 aromatic heterocycles. The summed E-state index contributed by atoms with van der Waals surface area (Å²) in [6.45, 7) is 2.54. The topological polar surface area (TPSA) is 12.0 Å². The fourth-order valence-electron chi connectivity index (χ4n) is 2.30. The molecule has 1 radical (unpaired) electrons. The van der Waals surface area contributed by atoms with E-state index in [0.717, 1.165) is 11.8 Å². The van der Waals surface area contributed by atoms with Crippen LogP contribution in [0.3, 0.4) is 0 Å². The van der Waals surface area contributed by atoms with E-state index >= 15 is 0 Å². The Morgan fingerprint density at radius 3 is 3.10 bits per heavy atom. The third kappa shape index (κ3) is 1.20. The largest absolute Gasteiger partial charge is 0.316 e. The molecular weight excluding hydrogens is 122 g/mol. The summed E-state index contributed by atoms with van der Waals surface area (Å²) in [5.41, 5.74) is 0. The van der Waals surface area contributed by atoms with Crippen LogP contribution < -0.4 is 5.32 Å². The van der Waals surface area contributed by atoms with Crippen molar-refractivity contribution >= 4 is 0 Å². The summed E-state index contributed by atoms with van der Waals surface area (Å²) in [7, 11) is 0. The fourth-order valence-corrected chi connectivity index (χ4v) is 2.30. The van der Waals surface area contributed by atoms with Crippen LogP contribution in [0, 0.1) is 18.3 Å². The highest BCUT2D eigenvalue weighted by Gasteiger charge is 2.26. The van der Waals surface area contributed by atoms with Gasteiger partial charge in [-0.25, -0.2) is 0 Å². The molecule has 10 heavy (non-hydrogen) atoms. The molecule has 0 amide bonds. The molecule has 1 heteroatoms. The zero-order valence-corrected chi connectivity index (χ0v) is 6.47. The Labute approximate surface area is 63.2 Å². The van der Waals surface area contributed by atoms with Crippen molar-refractivity contribution in [3.8, 4) is 0 Å². The molecule has 1 heterocycles. The van der Waals surface area contributed by atoms with Crippen molar-refractivity contribution < 1.29 is 0 Å². The van der Waals surface area contributed by atoms with Crippen LogP contribution in [0.4, 0.5) is 0 Å². The van der Waals surface area contributed by atoms with Crippen LogP contribution in [0.2, 0.25) is 0 Å². The molecule has 1 aliphatic heterocycles. The second-order valence-corrected chi connectivity index (χ2v) is 3.61. The molecule has 1 N–H and O–H groups in total. The molecule has 0 aromatic carbocycles. The van der Waals surface area contributed by atoms with Crippen LogP contribution in [0.15, 0.2) is 0 Å². The molecule has 2 atom stereocenters. The van der Waals surface area contributed by atoms with Crippen LogP contribution in [0.1, 0.15) is 25.7 Å². The summed E-state index contributed by atoms with van der Waals surface area (Å²) in [5.74, 6) is 2.05. The molecule has 0 bridgehead atoms. The van der Waals surface area contributed by atoms with Crippen LogP contribution in [-0.2, 0) is 0 Å². The predicted molar refractivity (Wildman–Crippen MR) is 42.6 cm³/mol. The first-order valence-corrected chi connectivity index (χ1v) is 4.49. The summed E-state index contributed by atoms with van der Waals surface area (Å²) in [6, 6.07) is 0. The van der Waals surface area contributed by atoms with Gasteiger partial charge in [-0.2, -0.15) is 0 Å². The van der Waals surface area contributed by atoms with Crippen molar-refractivity contribution in [2.75, 3.05) is 13.1 Å². The lowest BCUT2D eigenvalue weighted by atomic mass is 9.76. The lowest BCUT2D eigenvalue weighted by Gasteiger charge is -2.35. The number of fused-ring (bicyclic) bond motifs is 1. The van der Waals surface area contributed by atoms with E-state index in [2.05, 4.69) is 11.7 Å². The Kier molecular flexibility index (Phi) is 1.94. The average molecular weight is 138 g/mol. The highest BCUT2D eigenvalue weighted by molar-refractivity contribution is 4.87. The maximum Gasteiger partial charge on any atom is -0.00178 e. The van der Waals surface area contributed by atoms with Crippen LogP contribution >= 0.6 is 0 Å². The van der Waals surface area contributed by atoms with Crippen molar-refractivity contribution in [1.82, 2.24) is 5.32 Å². The van der Waals surface area contributed by atoms with Gasteiger partial charge in [-0.05, 0) is 57.0 Å². The third-order valence-corrected chi connectivity index (χ3v) is 2.98. The number of piperidine rings is 1. The molecule has 2 aliphatic rings. The van der Waals surface area contributed by atoms with E-state index in [0.29, 0.717) is 0 Å². The monoisotopic (exact) mass is 138 g/mol. The maximum absolute atomic E-state index is 3.46. The quantitative estimate of drug-likeness (QED) is 0.536. The lowest BCUT2D eigenvalue weighted by Crippen LogP contribution is -2.38. The first kappa shape index (κ1) is 6.66. The van der Waals surface area contributed by atoms with E-state index < -0.39 is 0 Å². The summed E-state index contributed by atoms with van der Waals surface area (Å²) in [5, 5.41) is 3.46. The molecule has 0 aromatic rings. The minimum Gasteiger partial charge on any atom is -0.316 e. The van der Waals surface area contributed by atoms with E-state index in [4.69, 9.17) is 0 Å². The lowest BCUT2D eigenvalue weighted by molar-refractivity contribution is 0.212. The molecule has 2 unspecified atom stereocenters. The number of hydrogen-bond donors (Lipinski definition) is 1. The number of hydrogen-bond acceptors (Lipinski definition) is 1. The Bertz CT molecular complexity index is 85.3. The molecule has 1 saturated heterocycles.